The average Bonchev–Trinajstić information content (AvgIpc) is 2.06. The normalized spacial score (nSPS) is 28.3. The number of aliphatic imine (C=N–C) groups is 2. The molecule has 1 aliphatic rings. The van der Waals surface area contributed by atoms with Gasteiger partial charge in [0.05, 0.1) is 12.1 Å². The Morgan fingerprint density at radius 2 is 2.00 bits per heavy atom. The van der Waals surface area contributed by atoms with Crippen LogP contribution in [0.15, 0.2) is 9.98 Å². The molecule has 0 aromatic carbocycles. The zero-order valence-corrected chi connectivity index (χ0v) is 6.56. The largest absolute Gasteiger partial charge is 0.235 e. The number of hydrogen-bond acceptors (Lipinski definition) is 4. The van der Waals surface area contributed by atoms with Crippen LogP contribution in [0, 0.1) is 6.42 Å². The molecule has 1 saturated carbocycles. The van der Waals surface area contributed by atoms with E-state index >= 15 is 0 Å². The Balaban J connectivity index is 2.50. The van der Waals surface area contributed by atoms with E-state index in [4.69, 9.17) is 0 Å². The molecule has 0 aromatic rings. The van der Waals surface area contributed by atoms with Crippen molar-refractivity contribution >= 4 is 12.2 Å². The van der Waals surface area contributed by atoms with E-state index in [1.165, 1.54) is 12.2 Å². The van der Waals surface area contributed by atoms with Crippen LogP contribution >= 0.6 is 0 Å². The predicted octanol–water partition coefficient (Wildman–Crippen LogP) is 0.783. The zero-order valence-electron chi connectivity index (χ0n) is 6.56. The Morgan fingerprint density at radius 3 is 2.67 bits per heavy atom. The molecule has 0 amide bonds. The monoisotopic (exact) mass is 165 g/mol. The molecule has 1 radical (unpaired) electrons. The van der Waals surface area contributed by atoms with Gasteiger partial charge in [-0.25, -0.2) is 19.6 Å². The number of carbonyl (C=O) groups excluding carboxylic acids is 2. The molecular formula is C8H9N2O2. The molecule has 0 spiro atoms. The van der Waals surface area contributed by atoms with Crippen LogP contribution in [-0.2, 0) is 9.59 Å². The van der Waals surface area contributed by atoms with Gasteiger partial charge in [0.25, 0.3) is 0 Å². The van der Waals surface area contributed by atoms with E-state index in [9.17, 15) is 9.59 Å². The van der Waals surface area contributed by atoms with Gasteiger partial charge in [-0.05, 0) is 25.7 Å². The molecule has 12 heavy (non-hydrogen) atoms. The second-order valence-electron chi connectivity index (χ2n) is 2.71. The lowest BCUT2D eigenvalue weighted by molar-refractivity contribution is 0.457. The highest BCUT2D eigenvalue weighted by molar-refractivity contribution is 5.35. The van der Waals surface area contributed by atoms with E-state index in [0.717, 1.165) is 12.8 Å². The molecule has 1 aliphatic carbocycles. The second kappa shape index (κ2) is 4.60. The van der Waals surface area contributed by atoms with Gasteiger partial charge in [-0.15, -0.1) is 0 Å². The summed E-state index contributed by atoms with van der Waals surface area (Å²) in [4.78, 5) is 27.0. The maximum absolute atomic E-state index is 9.93. The van der Waals surface area contributed by atoms with Crippen LogP contribution in [0.2, 0.25) is 0 Å². The van der Waals surface area contributed by atoms with Gasteiger partial charge in [0, 0.05) is 0 Å². The van der Waals surface area contributed by atoms with E-state index < -0.39 is 0 Å². The minimum atomic E-state index is -0.113. The van der Waals surface area contributed by atoms with Crippen molar-refractivity contribution in [2.45, 2.75) is 31.3 Å². The Labute approximate surface area is 70.4 Å². The van der Waals surface area contributed by atoms with Gasteiger partial charge in [-0.2, -0.15) is 0 Å². The van der Waals surface area contributed by atoms with Crippen LogP contribution < -0.4 is 0 Å². The van der Waals surface area contributed by atoms with Crippen LogP contribution in [0.1, 0.15) is 19.3 Å². The van der Waals surface area contributed by atoms with Crippen molar-refractivity contribution in [3.63, 3.8) is 0 Å². The molecule has 2 unspecified atom stereocenters. The summed E-state index contributed by atoms with van der Waals surface area (Å²) in [7, 11) is 0. The van der Waals surface area contributed by atoms with Gasteiger partial charge in [0.2, 0.25) is 12.2 Å². The van der Waals surface area contributed by atoms with Crippen molar-refractivity contribution in [1.82, 2.24) is 0 Å². The van der Waals surface area contributed by atoms with Crippen molar-refractivity contribution in [1.29, 1.82) is 0 Å². The summed E-state index contributed by atoms with van der Waals surface area (Å²) in [6, 6.07) is -0.132. The minimum Gasteiger partial charge on any atom is -0.211 e. The van der Waals surface area contributed by atoms with Crippen LogP contribution in [-0.4, -0.2) is 24.2 Å². The first-order valence-electron chi connectivity index (χ1n) is 3.84. The minimum absolute atomic E-state index is 0.0189. The van der Waals surface area contributed by atoms with E-state index in [1.54, 1.807) is 0 Å². The summed E-state index contributed by atoms with van der Waals surface area (Å²) in [5, 5.41) is 0. The smallest absolute Gasteiger partial charge is 0.211 e. The van der Waals surface area contributed by atoms with E-state index in [1.807, 2.05) is 6.42 Å². The van der Waals surface area contributed by atoms with Gasteiger partial charge >= 0.3 is 0 Å². The molecule has 2 atom stereocenters. The summed E-state index contributed by atoms with van der Waals surface area (Å²) < 4.78 is 0. The number of hydrogen-bond donors (Lipinski definition) is 0. The highest BCUT2D eigenvalue weighted by Gasteiger charge is 2.20. The molecule has 1 rings (SSSR count). The highest BCUT2D eigenvalue weighted by atomic mass is 16.1. The topological polar surface area (TPSA) is 58.9 Å². The third-order valence-corrected chi connectivity index (χ3v) is 1.91. The van der Waals surface area contributed by atoms with E-state index in [-0.39, 0.29) is 12.1 Å². The van der Waals surface area contributed by atoms with Crippen LogP contribution in [0.3, 0.4) is 0 Å². The lowest BCUT2D eigenvalue weighted by Gasteiger charge is -2.20. The Morgan fingerprint density at radius 1 is 1.25 bits per heavy atom. The third-order valence-electron chi connectivity index (χ3n) is 1.91. The van der Waals surface area contributed by atoms with Crippen molar-refractivity contribution in [2.75, 3.05) is 0 Å². The first-order valence-corrected chi connectivity index (χ1v) is 3.84. The van der Waals surface area contributed by atoms with Crippen LogP contribution in [0.5, 0.6) is 0 Å². The molecule has 0 bridgehead atoms. The van der Waals surface area contributed by atoms with Crippen molar-refractivity contribution in [2.24, 2.45) is 9.98 Å². The summed E-state index contributed by atoms with van der Waals surface area (Å²) >= 11 is 0. The standard InChI is InChI=1S/C8H9N2O2/c11-5-9-7-2-1-3-8(4-7)10-6-12/h2,7-8H,1,3-4H2. The molecular weight excluding hydrogens is 156 g/mol. The first kappa shape index (κ1) is 8.85. The van der Waals surface area contributed by atoms with Crippen LogP contribution in [0.4, 0.5) is 0 Å². The van der Waals surface area contributed by atoms with Crippen molar-refractivity contribution in [3.05, 3.63) is 6.42 Å². The van der Waals surface area contributed by atoms with Crippen molar-refractivity contribution in [3.8, 4) is 0 Å². The molecule has 0 aliphatic heterocycles. The molecule has 0 N–H and O–H groups in total. The third kappa shape index (κ3) is 2.42. The van der Waals surface area contributed by atoms with Crippen molar-refractivity contribution < 1.29 is 9.59 Å². The second-order valence-corrected chi connectivity index (χ2v) is 2.71. The van der Waals surface area contributed by atoms with Gasteiger partial charge in [-0.1, -0.05) is 0 Å². The summed E-state index contributed by atoms with van der Waals surface area (Å²) in [5.74, 6) is 0. The SMILES string of the molecule is O=C=NC1[CH]CCC(N=C=O)C1. The number of isocyanates is 2. The first-order chi connectivity index (χ1) is 5.86. The predicted molar refractivity (Wildman–Crippen MR) is 42.0 cm³/mol. The molecule has 4 nitrogen and oxygen atoms in total. The number of rotatable bonds is 2. The van der Waals surface area contributed by atoms with Crippen LogP contribution in [0.25, 0.3) is 0 Å². The molecule has 63 valence electrons. The highest BCUT2D eigenvalue weighted by Crippen LogP contribution is 2.21. The summed E-state index contributed by atoms with van der Waals surface area (Å²) in [6.07, 6.45) is 7.29. The fourth-order valence-electron chi connectivity index (χ4n) is 1.34. The fourth-order valence-corrected chi connectivity index (χ4v) is 1.34. The van der Waals surface area contributed by atoms with Gasteiger partial charge in [0.15, 0.2) is 0 Å². The Bertz CT molecular complexity index is 215. The molecule has 0 heterocycles. The van der Waals surface area contributed by atoms with Gasteiger partial charge < -0.3 is 0 Å². The van der Waals surface area contributed by atoms with Gasteiger partial charge in [-0.3, -0.25) is 0 Å². The van der Waals surface area contributed by atoms with Gasteiger partial charge in [0.1, 0.15) is 0 Å². The van der Waals surface area contributed by atoms with E-state index in [2.05, 4.69) is 9.98 Å². The summed E-state index contributed by atoms with van der Waals surface area (Å²) in [5.41, 5.74) is 0. The molecule has 0 aromatic heterocycles. The summed E-state index contributed by atoms with van der Waals surface area (Å²) in [6.45, 7) is 0. The Hall–Kier alpha value is -1.24. The Kier molecular flexibility index (Phi) is 3.39. The average molecular weight is 165 g/mol. The quantitative estimate of drug-likeness (QED) is 0.448. The maximum Gasteiger partial charge on any atom is 0.235 e. The molecule has 4 heteroatoms. The van der Waals surface area contributed by atoms with E-state index in [0.29, 0.717) is 6.42 Å². The lowest BCUT2D eigenvalue weighted by Crippen LogP contribution is -2.21. The number of nitrogens with zero attached hydrogens (tertiary/aromatic N) is 2. The maximum atomic E-state index is 9.93. The zero-order chi connectivity index (χ0) is 8.81. The molecule has 0 saturated heterocycles. The lowest BCUT2D eigenvalue weighted by atomic mass is 9.92. The molecule has 1 fully saturated rings. The fraction of sp³-hybridized carbons (Fsp3) is 0.625.